The fourth-order valence-electron chi connectivity index (χ4n) is 3.95. The number of hydrogen-bond donors (Lipinski definition) is 2. The molecule has 0 amide bonds. The fourth-order valence-corrected chi connectivity index (χ4v) is 4.27. The minimum atomic E-state index is -0.505. The number of pyridine rings is 1. The summed E-state index contributed by atoms with van der Waals surface area (Å²) in [4.78, 5) is 4.73. The highest BCUT2D eigenvalue weighted by molar-refractivity contribution is 6.36. The molecule has 31 heavy (non-hydrogen) atoms. The van der Waals surface area contributed by atoms with Crippen LogP contribution in [-0.2, 0) is 11.3 Å². The number of hydrogen-bond acceptors (Lipinski definition) is 5. The van der Waals surface area contributed by atoms with Gasteiger partial charge in [-0.05, 0) is 30.5 Å². The first kappa shape index (κ1) is 21.8. The third-order valence-corrected chi connectivity index (χ3v) is 6.13. The number of benzene rings is 2. The van der Waals surface area contributed by atoms with Gasteiger partial charge in [-0.1, -0.05) is 60.1 Å². The van der Waals surface area contributed by atoms with Crippen molar-refractivity contribution in [3.05, 3.63) is 70.7 Å². The number of aromatic nitrogens is 1. The molecule has 1 aliphatic rings. The number of aliphatic hydroxyl groups is 1. The molecule has 5 nitrogen and oxygen atoms in total. The van der Waals surface area contributed by atoms with Crippen LogP contribution in [0.3, 0.4) is 0 Å². The number of halogens is 1. The molecule has 0 bridgehead atoms. The van der Waals surface area contributed by atoms with E-state index in [0.717, 1.165) is 34.4 Å². The number of methoxy groups -OCH3 is 1. The maximum Gasteiger partial charge on any atom is 0.218 e. The van der Waals surface area contributed by atoms with Gasteiger partial charge in [0.25, 0.3) is 0 Å². The second kappa shape index (κ2) is 9.79. The van der Waals surface area contributed by atoms with Crippen LogP contribution in [0.1, 0.15) is 17.5 Å². The molecule has 1 aliphatic heterocycles. The van der Waals surface area contributed by atoms with Gasteiger partial charge in [0.1, 0.15) is 0 Å². The average Bonchev–Trinajstić information content (AvgIpc) is 2.79. The zero-order valence-corrected chi connectivity index (χ0v) is 18.5. The molecule has 2 unspecified atom stereocenters. The van der Waals surface area contributed by atoms with E-state index < -0.39 is 6.10 Å². The highest BCUT2D eigenvalue weighted by atomic mass is 35.5. The Morgan fingerprint density at radius 1 is 1.10 bits per heavy atom. The normalized spacial score (nSPS) is 18.7. The van der Waals surface area contributed by atoms with Crippen molar-refractivity contribution in [3.8, 4) is 28.3 Å². The molecule has 2 atom stereocenters. The van der Waals surface area contributed by atoms with Crippen molar-refractivity contribution in [2.45, 2.75) is 32.0 Å². The molecule has 2 N–H and O–H groups in total. The van der Waals surface area contributed by atoms with Crippen LogP contribution in [-0.4, -0.2) is 42.6 Å². The number of rotatable bonds is 6. The number of aryl methyl sites for hydroxylation is 1. The van der Waals surface area contributed by atoms with E-state index in [9.17, 15) is 5.11 Å². The Kier molecular flexibility index (Phi) is 6.88. The molecule has 1 saturated heterocycles. The lowest BCUT2D eigenvalue weighted by atomic mass is 9.97. The molecule has 0 radical (unpaired) electrons. The molecular formula is C25H27ClN2O3. The Balaban J connectivity index is 1.61. The minimum Gasteiger partial charge on any atom is -0.481 e. The number of aliphatic hydroxyl groups excluding tert-OH is 1. The van der Waals surface area contributed by atoms with E-state index in [1.54, 1.807) is 7.11 Å². The van der Waals surface area contributed by atoms with Gasteiger partial charge >= 0.3 is 0 Å². The first-order valence-corrected chi connectivity index (χ1v) is 10.8. The van der Waals surface area contributed by atoms with Gasteiger partial charge in [-0.3, -0.25) is 0 Å². The van der Waals surface area contributed by atoms with E-state index in [1.165, 1.54) is 5.56 Å². The number of nitrogens with zero attached hydrogens (tertiary/aromatic N) is 1. The van der Waals surface area contributed by atoms with Crippen molar-refractivity contribution in [1.82, 2.24) is 10.3 Å². The summed E-state index contributed by atoms with van der Waals surface area (Å²) in [5.74, 6) is 0.545. The zero-order valence-electron chi connectivity index (χ0n) is 17.8. The van der Waals surface area contributed by atoms with Crippen molar-refractivity contribution >= 4 is 11.6 Å². The van der Waals surface area contributed by atoms with Crippen LogP contribution < -0.4 is 10.1 Å². The molecule has 4 rings (SSSR count). The van der Waals surface area contributed by atoms with Gasteiger partial charge in [0.15, 0.2) is 0 Å². The van der Waals surface area contributed by atoms with Gasteiger partial charge < -0.3 is 19.9 Å². The van der Waals surface area contributed by atoms with Crippen LogP contribution in [0.2, 0.25) is 5.02 Å². The quantitative estimate of drug-likeness (QED) is 0.587. The van der Waals surface area contributed by atoms with Crippen molar-refractivity contribution in [3.63, 3.8) is 0 Å². The van der Waals surface area contributed by atoms with E-state index >= 15 is 0 Å². The van der Waals surface area contributed by atoms with Crippen molar-refractivity contribution in [1.29, 1.82) is 0 Å². The predicted octanol–water partition coefficient (Wildman–Crippen LogP) is 4.63. The smallest absolute Gasteiger partial charge is 0.218 e. The lowest BCUT2D eigenvalue weighted by Gasteiger charge is -2.28. The third kappa shape index (κ3) is 4.75. The Morgan fingerprint density at radius 2 is 1.87 bits per heavy atom. The first-order valence-electron chi connectivity index (χ1n) is 10.5. The molecule has 0 spiro atoms. The predicted molar refractivity (Wildman–Crippen MR) is 123 cm³/mol. The van der Waals surface area contributed by atoms with Crippen LogP contribution in [0.25, 0.3) is 22.4 Å². The summed E-state index contributed by atoms with van der Waals surface area (Å²) in [6.45, 7) is 3.65. The molecule has 2 aromatic carbocycles. The lowest BCUT2D eigenvalue weighted by molar-refractivity contribution is -0.0281. The zero-order chi connectivity index (χ0) is 21.8. The fraction of sp³-hybridized carbons (Fsp3) is 0.320. The highest BCUT2D eigenvalue weighted by Crippen LogP contribution is 2.37. The Labute approximate surface area is 188 Å². The summed E-state index contributed by atoms with van der Waals surface area (Å²) < 4.78 is 10.9. The van der Waals surface area contributed by atoms with E-state index in [4.69, 9.17) is 26.1 Å². The summed E-state index contributed by atoms with van der Waals surface area (Å²) in [5.41, 5.74) is 5.81. The Hall–Kier alpha value is -2.44. The molecule has 1 aromatic heterocycles. The maximum absolute atomic E-state index is 10.1. The molecule has 1 fully saturated rings. The molecular weight excluding hydrogens is 412 g/mol. The second-order valence-corrected chi connectivity index (χ2v) is 8.14. The van der Waals surface area contributed by atoms with Crippen LogP contribution in [0.4, 0.5) is 0 Å². The minimum absolute atomic E-state index is 0.00151. The Bertz CT molecular complexity index is 1060. The van der Waals surface area contributed by atoms with Crippen LogP contribution >= 0.6 is 11.6 Å². The summed E-state index contributed by atoms with van der Waals surface area (Å²) >= 11 is 6.83. The maximum atomic E-state index is 10.1. The van der Waals surface area contributed by atoms with E-state index in [-0.39, 0.29) is 6.04 Å². The van der Waals surface area contributed by atoms with Gasteiger partial charge in [0.05, 0.1) is 30.5 Å². The summed E-state index contributed by atoms with van der Waals surface area (Å²) in [5, 5.41) is 14.1. The monoisotopic (exact) mass is 438 g/mol. The third-order valence-electron chi connectivity index (χ3n) is 5.72. The van der Waals surface area contributed by atoms with Gasteiger partial charge in [0.2, 0.25) is 5.88 Å². The Morgan fingerprint density at radius 3 is 2.65 bits per heavy atom. The molecule has 6 heteroatoms. The van der Waals surface area contributed by atoms with Gasteiger partial charge in [-0.25, -0.2) is 4.98 Å². The first-order chi connectivity index (χ1) is 15.1. The largest absolute Gasteiger partial charge is 0.481 e. The van der Waals surface area contributed by atoms with Crippen molar-refractivity contribution in [2.75, 3.05) is 20.3 Å². The van der Waals surface area contributed by atoms with Gasteiger partial charge in [-0.2, -0.15) is 0 Å². The van der Waals surface area contributed by atoms with E-state index in [1.807, 2.05) is 42.5 Å². The SMILES string of the molecule is COc1nc(-c2cccc(-c3ccccc3C)c2Cl)ccc1CNC1CCOCC1O. The number of ether oxygens (including phenoxy) is 2. The van der Waals surface area contributed by atoms with Crippen LogP contribution in [0, 0.1) is 6.92 Å². The lowest BCUT2D eigenvalue weighted by Crippen LogP contribution is -2.46. The standard InChI is InChI=1S/C25H27ClN2O3/c1-16-6-3-4-7-18(16)19-8-5-9-20(24(19)26)21-11-10-17(25(28-21)30-2)14-27-22-12-13-31-15-23(22)29/h3-11,22-23,27,29H,12-15H2,1-2H3. The highest BCUT2D eigenvalue weighted by Gasteiger charge is 2.23. The van der Waals surface area contributed by atoms with Crippen molar-refractivity contribution in [2.24, 2.45) is 0 Å². The summed E-state index contributed by atoms with van der Waals surface area (Å²) in [6.07, 6.45) is 0.269. The van der Waals surface area contributed by atoms with Gasteiger partial charge in [0, 0.05) is 35.9 Å². The molecule has 0 saturated carbocycles. The number of nitrogens with one attached hydrogen (secondary N) is 1. The van der Waals surface area contributed by atoms with E-state index in [0.29, 0.717) is 30.7 Å². The van der Waals surface area contributed by atoms with Crippen LogP contribution in [0.15, 0.2) is 54.6 Å². The molecule has 162 valence electrons. The molecule has 3 aromatic rings. The topological polar surface area (TPSA) is 63.6 Å². The summed E-state index contributed by atoms with van der Waals surface area (Å²) in [7, 11) is 1.62. The van der Waals surface area contributed by atoms with Crippen LogP contribution in [0.5, 0.6) is 5.88 Å². The average molecular weight is 439 g/mol. The second-order valence-electron chi connectivity index (χ2n) is 7.77. The van der Waals surface area contributed by atoms with Crippen molar-refractivity contribution < 1.29 is 14.6 Å². The molecule has 0 aliphatic carbocycles. The van der Waals surface area contributed by atoms with Gasteiger partial charge in [-0.15, -0.1) is 0 Å². The summed E-state index contributed by atoms with van der Waals surface area (Å²) in [6, 6.07) is 18.2. The molecule has 2 heterocycles. The van der Waals surface area contributed by atoms with E-state index in [2.05, 4.69) is 24.4 Å².